The zero-order valence-corrected chi connectivity index (χ0v) is 13.4. The van der Waals surface area contributed by atoms with Crippen molar-refractivity contribution in [3.63, 3.8) is 0 Å². The summed E-state index contributed by atoms with van der Waals surface area (Å²) in [6, 6.07) is -1.59. The second-order valence-corrected chi connectivity index (χ2v) is 5.54. The number of aromatic nitrogens is 2. The minimum absolute atomic E-state index is 0.0163. The number of carbonyl (C=O) groups is 3. The van der Waals surface area contributed by atoms with Crippen LogP contribution in [0.2, 0.25) is 0 Å². The first-order valence-corrected chi connectivity index (χ1v) is 7.37. The van der Waals surface area contributed by atoms with Crippen molar-refractivity contribution in [2.24, 2.45) is 0 Å². The van der Waals surface area contributed by atoms with Gasteiger partial charge >= 0.3 is 6.03 Å². The highest BCUT2D eigenvalue weighted by Crippen LogP contribution is 2.16. The number of nitrogens with one attached hydrogen (secondary N) is 2. The van der Waals surface area contributed by atoms with Gasteiger partial charge in [0.05, 0.1) is 31.5 Å². The van der Waals surface area contributed by atoms with E-state index >= 15 is 0 Å². The molecule has 1 aromatic heterocycles. The molecule has 2 heterocycles. The Morgan fingerprint density at radius 3 is 2.83 bits per heavy atom. The molecular weight excluding hydrogens is 302 g/mol. The van der Waals surface area contributed by atoms with Crippen LogP contribution in [0.3, 0.4) is 0 Å². The van der Waals surface area contributed by atoms with E-state index in [9.17, 15) is 14.4 Å². The standard InChI is InChI=1S/C14H21N5O4/c1-9(2)19-12(20)6-11(13(19)21)17-14(22)16-10-7-15-18(8-10)4-5-23-3/h7-9,11H,4-6H2,1-3H3,(H2,16,17,22)/t11-/m0/s1. The van der Waals surface area contributed by atoms with Crippen molar-refractivity contribution < 1.29 is 19.1 Å². The van der Waals surface area contributed by atoms with Crippen molar-refractivity contribution in [1.29, 1.82) is 0 Å². The maximum absolute atomic E-state index is 12.1. The number of hydrogen-bond donors (Lipinski definition) is 2. The number of methoxy groups -OCH3 is 1. The molecule has 1 aromatic rings. The lowest BCUT2D eigenvalue weighted by atomic mass is 10.2. The highest BCUT2D eigenvalue weighted by Gasteiger charge is 2.40. The Bertz CT molecular complexity index is 598. The first-order chi connectivity index (χ1) is 10.9. The molecule has 1 aliphatic heterocycles. The van der Waals surface area contributed by atoms with E-state index in [0.717, 1.165) is 0 Å². The van der Waals surface area contributed by atoms with Crippen molar-refractivity contribution in [2.75, 3.05) is 19.0 Å². The van der Waals surface area contributed by atoms with Gasteiger partial charge in [0, 0.05) is 19.3 Å². The van der Waals surface area contributed by atoms with Crippen LogP contribution < -0.4 is 10.6 Å². The molecule has 0 bridgehead atoms. The van der Waals surface area contributed by atoms with Crippen LogP contribution in [0.25, 0.3) is 0 Å². The number of hydrogen-bond acceptors (Lipinski definition) is 5. The van der Waals surface area contributed by atoms with Crippen LogP contribution in [0.4, 0.5) is 10.5 Å². The summed E-state index contributed by atoms with van der Waals surface area (Å²) >= 11 is 0. The summed E-state index contributed by atoms with van der Waals surface area (Å²) in [4.78, 5) is 37.0. The summed E-state index contributed by atoms with van der Waals surface area (Å²) in [7, 11) is 1.59. The molecule has 0 aromatic carbocycles. The number of amides is 4. The van der Waals surface area contributed by atoms with Gasteiger partial charge in [0.2, 0.25) is 5.91 Å². The second-order valence-electron chi connectivity index (χ2n) is 5.54. The molecule has 0 unspecified atom stereocenters. The van der Waals surface area contributed by atoms with E-state index in [1.165, 1.54) is 11.1 Å². The quantitative estimate of drug-likeness (QED) is 0.727. The highest BCUT2D eigenvalue weighted by atomic mass is 16.5. The summed E-state index contributed by atoms with van der Waals surface area (Å²) in [6.07, 6.45) is 3.13. The van der Waals surface area contributed by atoms with Crippen molar-refractivity contribution >= 4 is 23.5 Å². The fourth-order valence-electron chi connectivity index (χ4n) is 2.37. The van der Waals surface area contributed by atoms with Gasteiger partial charge in [-0.25, -0.2) is 4.79 Å². The Labute approximate surface area is 134 Å². The molecule has 0 radical (unpaired) electrons. The third-order valence-corrected chi connectivity index (χ3v) is 3.42. The highest BCUT2D eigenvalue weighted by molar-refractivity contribution is 6.07. The summed E-state index contributed by atoms with van der Waals surface area (Å²) in [5.74, 6) is -0.654. The van der Waals surface area contributed by atoms with Gasteiger partial charge in [0.15, 0.2) is 0 Å². The number of urea groups is 1. The van der Waals surface area contributed by atoms with Crippen LogP contribution in [0.15, 0.2) is 12.4 Å². The van der Waals surface area contributed by atoms with Crippen molar-refractivity contribution in [1.82, 2.24) is 20.0 Å². The average Bonchev–Trinajstić information content (AvgIpc) is 3.01. The Morgan fingerprint density at radius 2 is 2.22 bits per heavy atom. The molecule has 0 aliphatic carbocycles. The minimum atomic E-state index is -0.826. The van der Waals surface area contributed by atoms with Crippen molar-refractivity contribution in [3.8, 4) is 0 Å². The van der Waals surface area contributed by atoms with Crippen molar-refractivity contribution in [3.05, 3.63) is 12.4 Å². The zero-order valence-electron chi connectivity index (χ0n) is 13.4. The smallest absolute Gasteiger partial charge is 0.319 e. The number of likely N-dealkylation sites (tertiary alicyclic amines) is 1. The summed E-state index contributed by atoms with van der Waals surface area (Å²) in [5.41, 5.74) is 0.496. The molecule has 126 valence electrons. The van der Waals surface area contributed by atoms with E-state index in [-0.39, 0.29) is 24.3 Å². The SMILES string of the molecule is COCCn1cc(NC(=O)N[C@H]2CC(=O)N(C(C)C)C2=O)cn1. The lowest BCUT2D eigenvalue weighted by Crippen LogP contribution is -2.45. The van der Waals surface area contributed by atoms with Gasteiger partial charge in [-0.1, -0.05) is 0 Å². The lowest BCUT2D eigenvalue weighted by molar-refractivity contribution is -0.140. The molecule has 9 heteroatoms. The first-order valence-electron chi connectivity index (χ1n) is 7.37. The predicted molar refractivity (Wildman–Crippen MR) is 81.7 cm³/mol. The van der Waals surface area contributed by atoms with Crippen LogP contribution in [-0.2, 0) is 20.9 Å². The molecule has 1 fully saturated rings. The molecule has 23 heavy (non-hydrogen) atoms. The number of carbonyl (C=O) groups excluding carboxylic acids is 3. The van der Waals surface area contributed by atoms with Crippen LogP contribution in [0, 0.1) is 0 Å². The minimum Gasteiger partial charge on any atom is -0.383 e. The van der Waals surface area contributed by atoms with Gasteiger partial charge in [0.1, 0.15) is 6.04 Å². The zero-order chi connectivity index (χ0) is 17.0. The normalized spacial score (nSPS) is 17.9. The van der Waals surface area contributed by atoms with Crippen LogP contribution in [0.1, 0.15) is 20.3 Å². The molecule has 2 rings (SSSR count). The molecule has 2 N–H and O–H groups in total. The van der Waals surface area contributed by atoms with E-state index in [1.807, 2.05) is 0 Å². The second kappa shape index (κ2) is 7.23. The van der Waals surface area contributed by atoms with E-state index in [0.29, 0.717) is 18.8 Å². The number of rotatable bonds is 6. The molecule has 9 nitrogen and oxygen atoms in total. The summed E-state index contributed by atoms with van der Waals surface area (Å²) < 4.78 is 6.57. The number of anilines is 1. The van der Waals surface area contributed by atoms with Gasteiger partial charge in [0.25, 0.3) is 5.91 Å². The maximum Gasteiger partial charge on any atom is 0.319 e. The number of nitrogens with zero attached hydrogens (tertiary/aromatic N) is 3. The van der Waals surface area contributed by atoms with Gasteiger partial charge in [-0.3, -0.25) is 19.2 Å². The first kappa shape index (κ1) is 16.9. The van der Waals surface area contributed by atoms with Crippen molar-refractivity contribution in [2.45, 2.75) is 38.9 Å². The van der Waals surface area contributed by atoms with Crippen LogP contribution >= 0.6 is 0 Å². The molecule has 1 atom stereocenters. The molecule has 4 amide bonds. The van der Waals surface area contributed by atoms with Gasteiger partial charge in [-0.05, 0) is 13.8 Å². The summed E-state index contributed by atoms with van der Waals surface area (Å²) in [6.45, 7) is 4.59. The Morgan fingerprint density at radius 1 is 1.48 bits per heavy atom. The van der Waals surface area contributed by atoms with E-state index in [1.54, 1.807) is 31.8 Å². The van der Waals surface area contributed by atoms with Crippen LogP contribution in [0.5, 0.6) is 0 Å². The van der Waals surface area contributed by atoms with E-state index in [4.69, 9.17) is 4.74 Å². The van der Waals surface area contributed by atoms with Gasteiger partial charge in [-0.2, -0.15) is 5.10 Å². The number of imide groups is 1. The Balaban J connectivity index is 1.89. The third kappa shape index (κ3) is 4.07. The Kier molecular flexibility index (Phi) is 5.32. The Hall–Kier alpha value is -2.42. The van der Waals surface area contributed by atoms with Gasteiger partial charge in [-0.15, -0.1) is 0 Å². The van der Waals surface area contributed by atoms with E-state index in [2.05, 4.69) is 15.7 Å². The topological polar surface area (TPSA) is 106 Å². The monoisotopic (exact) mass is 323 g/mol. The lowest BCUT2D eigenvalue weighted by Gasteiger charge is -2.19. The maximum atomic E-state index is 12.1. The molecule has 0 spiro atoms. The van der Waals surface area contributed by atoms with E-state index < -0.39 is 12.1 Å². The summed E-state index contributed by atoms with van der Waals surface area (Å²) in [5, 5.41) is 9.18. The average molecular weight is 323 g/mol. The predicted octanol–water partition coefficient (Wildman–Crippen LogP) is 0.187. The van der Waals surface area contributed by atoms with Crippen LogP contribution in [-0.4, -0.2) is 58.3 Å². The molecule has 1 saturated heterocycles. The fraction of sp³-hybridized carbons (Fsp3) is 0.571. The molecular formula is C14H21N5O4. The number of ether oxygens (including phenoxy) is 1. The largest absolute Gasteiger partial charge is 0.383 e. The van der Waals surface area contributed by atoms with Gasteiger partial charge < -0.3 is 15.4 Å². The molecule has 1 aliphatic rings. The molecule has 0 saturated carbocycles. The third-order valence-electron chi connectivity index (χ3n) is 3.42. The fourth-order valence-corrected chi connectivity index (χ4v) is 2.37.